The van der Waals surface area contributed by atoms with Gasteiger partial charge in [0.15, 0.2) is 0 Å². The Hall–Kier alpha value is -3.50. The van der Waals surface area contributed by atoms with Crippen LogP contribution < -0.4 is 5.32 Å². The Kier molecular flexibility index (Phi) is 9.23. The number of esters is 2. The molecule has 11 heteroatoms. The summed E-state index contributed by atoms with van der Waals surface area (Å²) in [4.78, 5) is 58.1. The molecule has 29 heavy (non-hydrogen) atoms. The first-order valence-electron chi connectivity index (χ1n) is 8.77. The third-order valence-electron chi connectivity index (χ3n) is 3.75. The summed E-state index contributed by atoms with van der Waals surface area (Å²) in [5.74, 6) is -5.62. The number of nitro groups is 1. The Morgan fingerprint density at radius 3 is 2.38 bits per heavy atom. The monoisotopic (exact) mass is 410 g/mol. The Morgan fingerprint density at radius 1 is 1.17 bits per heavy atom. The van der Waals surface area contributed by atoms with Gasteiger partial charge in [0.25, 0.3) is 5.69 Å². The molecule has 0 bridgehead atoms. The summed E-state index contributed by atoms with van der Waals surface area (Å²) in [6, 6.07) is 3.53. The van der Waals surface area contributed by atoms with E-state index in [2.05, 4.69) is 5.32 Å². The number of amides is 1. The number of nitro benzene ring substituents is 1. The second kappa shape index (κ2) is 11.4. The second-order valence-electron chi connectivity index (χ2n) is 5.85. The van der Waals surface area contributed by atoms with E-state index in [0.717, 1.165) is 0 Å². The third kappa shape index (κ3) is 7.56. The predicted molar refractivity (Wildman–Crippen MR) is 97.7 cm³/mol. The highest BCUT2D eigenvalue weighted by atomic mass is 16.6. The average molecular weight is 410 g/mol. The number of nitrogens with one attached hydrogen (secondary N) is 1. The Bertz CT molecular complexity index is 778. The van der Waals surface area contributed by atoms with Gasteiger partial charge < -0.3 is 19.9 Å². The van der Waals surface area contributed by atoms with Gasteiger partial charge in [0, 0.05) is 12.1 Å². The summed E-state index contributed by atoms with van der Waals surface area (Å²) in [6.07, 6.45) is -0.957. The molecule has 158 valence electrons. The van der Waals surface area contributed by atoms with E-state index in [1.54, 1.807) is 6.92 Å². The van der Waals surface area contributed by atoms with Crippen LogP contribution in [0.2, 0.25) is 0 Å². The lowest BCUT2D eigenvalue weighted by Crippen LogP contribution is -2.50. The zero-order valence-corrected chi connectivity index (χ0v) is 16.0. The number of carbonyl (C=O) groups is 4. The number of hydrogen-bond donors (Lipinski definition) is 2. The fraction of sp³-hybridized carbons (Fsp3) is 0.444. The zero-order valence-electron chi connectivity index (χ0n) is 16.0. The number of rotatable bonds is 11. The number of aliphatic carboxylic acids is 1. The van der Waals surface area contributed by atoms with Crippen molar-refractivity contribution < 1.29 is 38.7 Å². The fourth-order valence-electron chi connectivity index (χ4n) is 2.51. The predicted octanol–water partition coefficient (Wildman–Crippen LogP) is 0.839. The van der Waals surface area contributed by atoms with Gasteiger partial charge in [0.2, 0.25) is 5.91 Å². The van der Waals surface area contributed by atoms with Gasteiger partial charge in [0.1, 0.15) is 6.04 Å². The minimum Gasteiger partial charge on any atom is -0.480 e. The van der Waals surface area contributed by atoms with Crippen LogP contribution in [-0.4, -0.2) is 53.1 Å². The van der Waals surface area contributed by atoms with E-state index in [4.69, 9.17) is 9.47 Å². The van der Waals surface area contributed by atoms with Crippen molar-refractivity contribution in [3.63, 3.8) is 0 Å². The molecule has 0 saturated heterocycles. The number of carboxylic acid groups (broad SMARTS) is 1. The maximum absolute atomic E-state index is 12.3. The number of carbonyl (C=O) groups excluding carboxylic acids is 3. The molecule has 1 aromatic carbocycles. The molecule has 2 N–H and O–H groups in total. The van der Waals surface area contributed by atoms with Gasteiger partial charge in [-0.2, -0.15) is 0 Å². The Morgan fingerprint density at radius 2 is 1.83 bits per heavy atom. The smallest absolute Gasteiger partial charge is 0.327 e. The lowest BCUT2D eigenvalue weighted by molar-refractivity contribution is -0.384. The molecule has 0 aliphatic heterocycles. The molecule has 0 aliphatic rings. The average Bonchev–Trinajstić information content (AvgIpc) is 2.64. The molecule has 2 atom stereocenters. The summed E-state index contributed by atoms with van der Waals surface area (Å²) >= 11 is 0. The number of carboxylic acids is 1. The quantitative estimate of drug-likeness (QED) is 0.306. The van der Waals surface area contributed by atoms with Crippen LogP contribution in [0.1, 0.15) is 25.8 Å². The van der Waals surface area contributed by atoms with Crippen molar-refractivity contribution in [3.8, 4) is 0 Å². The molecule has 1 aromatic rings. The molecule has 0 radical (unpaired) electrons. The number of nitrogens with zero attached hydrogens (tertiary/aromatic N) is 1. The van der Waals surface area contributed by atoms with Crippen molar-refractivity contribution in [2.45, 2.75) is 32.7 Å². The van der Waals surface area contributed by atoms with Crippen LogP contribution in [0.15, 0.2) is 24.3 Å². The van der Waals surface area contributed by atoms with Gasteiger partial charge in [0.05, 0.1) is 36.9 Å². The minimum absolute atomic E-state index is 0.0330. The standard InChI is InChI=1S/C18H22N2O9/c1-3-28-15(22)10-13(18(25)29-4-2)16(17(23)24)19-14(21)9-11-6-5-7-12(8-11)20(26)27/h5-8,13,16H,3-4,9-10H2,1-2H3,(H,19,21)(H,23,24)/t13-,16+/m1/s1. The van der Waals surface area contributed by atoms with Crippen molar-refractivity contribution in [2.75, 3.05) is 13.2 Å². The molecule has 0 heterocycles. The number of ether oxygens (including phenoxy) is 2. The summed E-state index contributed by atoms with van der Waals surface area (Å²) in [5, 5.41) is 22.5. The highest BCUT2D eigenvalue weighted by Gasteiger charge is 2.38. The first-order chi connectivity index (χ1) is 13.7. The van der Waals surface area contributed by atoms with Crippen molar-refractivity contribution in [1.29, 1.82) is 0 Å². The summed E-state index contributed by atoms with van der Waals surface area (Å²) < 4.78 is 9.57. The van der Waals surface area contributed by atoms with E-state index < -0.39 is 47.1 Å². The summed E-state index contributed by atoms with van der Waals surface area (Å²) in [7, 11) is 0. The van der Waals surface area contributed by atoms with Crippen LogP contribution in [-0.2, 0) is 35.1 Å². The third-order valence-corrected chi connectivity index (χ3v) is 3.75. The van der Waals surface area contributed by atoms with Crippen LogP contribution in [0.25, 0.3) is 0 Å². The molecule has 0 aliphatic carbocycles. The van der Waals surface area contributed by atoms with Gasteiger partial charge in [-0.1, -0.05) is 12.1 Å². The largest absolute Gasteiger partial charge is 0.480 e. The van der Waals surface area contributed by atoms with E-state index in [1.165, 1.54) is 31.2 Å². The fourth-order valence-corrected chi connectivity index (χ4v) is 2.51. The molecule has 1 rings (SSSR count). The van der Waals surface area contributed by atoms with Crippen LogP contribution in [0, 0.1) is 16.0 Å². The van der Waals surface area contributed by atoms with Gasteiger partial charge >= 0.3 is 17.9 Å². The minimum atomic E-state index is -1.75. The molecular formula is C18H22N2O9. The SMILES string of the molecule is CCOC(=O)C[C@@H](C(=O)OCC)[C@H](NC(=O)Cc1cccc([N+](=O)[O-])c1)C(=O)O. The lowest BCUT2D eigenvalue weighted by atomic mass is 9.95. The Labute approximate surface area is 166 Å². The molecule has 11 nitrogen and oxygen atoms in total. The number of benzene rings is 1. The topological polar surface area (TPSA) is 162 Å². The summed E-state index contributed by atoms with van der Waals surface area (Å²) in [5.41, 5.74) is 0.0516. The molecule has 0 unspecified atom stereocenters. The molecular weight excluding hydrogens is 388 g/mol. The van der Waals surface area contributed by atoms with Crippen LogP contribution in [0.5, 0.6) is 0 Å². The van der Waals surface area contributed by atoms with E-state index in [-0.39, 0.29) is 30.9 Å². The molecule has 0 spiro atoms. The Balaban J connectivity index is 2.99. The molecule has 0 fully saturated rings. The van der Waals surface area contributed by atoms with Crippen molar-refractivity contribution in [2.24, 2.45) is 5.92 Å². The van der Waals surface area contributed by atoms with E-state index in [9.17, 15) is 34.4 Å². The van der Waals surface area contributed by atoms with E-state index in [0.29, 0.717) is 0 Å². The highest BCUT2D eigenvalue weighted by Crippen LogP contribution is 2.16. The van der Waals surface area contributed by atoms with Crippen LogP contribution >= 0.6 is 0 Å². The maximum atomic E-state index is 12.3. The summed E-state index contributed by atoms with van der Waals surface area (Å²) in [6.45, 7) is 3.04. The normalized spacial score (nSPS) is 12.3. The van der Waals surface area contributed by atoms with Crippen molar-refractivity contribution in [3.05, 3.63) is 39.9 Å². The van der Waals surface area contributed by atoms with Gasteiger partial charge in [-0.15, -0.1) is 0 Å². The van der Waals surface area contributed by atoms with Crippen molar-refractivity contribution in [1.82, 2.24) is 5.32 Å². The number of hydrogen-bond acceptors (Lipinski definition) is 8. The van der Waals surface area contributed by atoms with Crippen LogP contribution in [0.4, 0.5) is 5.69 Å². The van der Waals surface area contributed by atoms with E-state index in [1.807, 2.05) is 0 Å². The number of non-ortho nitro benzene ring substituents is 1. The first-order valence-corrected chi connectivity index (χ1v) is 8.77. The highest BCUT2D eigenvalue weighted by molar-refractivity contribution is 5.91. The first kappa shape index (κ1) is 23.5. The van der Waals surface area contributed by atoms with Crippen molar-refractivity contribution >= 4 is 29.5 Å². The lowest BCUT2D eigenvalue weighted by Gasteiger charge is -2.22. The molecule has 0 aromatic heterocycles. The second-order valence-corrected chi connectivity index (χ2v) is 5.85. The van der Waals surface area contributed by atoms with Gasteiger partial charge in [-0.3, -0.25) is 24.5 Å². The molecule has 0 saturated carbocycles. The van der Waals surface area contributed by atoms with Crippen LogP contribution in [0.3, 0.4) is 0 Å². The van der Waals surface area contributed by atoms with Gasteiger partial charge in [-0.25, -0.2) is 4.79 Å². The van der Waals surface area contributed by atoms with Gasteiger partial charge in [-0.05, 0) is 19.4 Å². The maximum Gasteiger partial charge on any atom is 0.327 e. The zero-order chi connectivity index (χ0) is 22.0. The molecule has 1 amide bonds. The van der Waals surface area contributed by atoms with E-state index >= 15 is 0 Å².